The highest BCUT2D eigenvalue weighted by molar-refractivity contribution is 5.98. The summed E-state index contributed by atoms with van der Waals surface area (Å²) in [4.78, 5) is 0. The van der Waals surface area contributed by atoms with Crippen LogP contribution in [0.15, 0.2) is 146 Å². The maximum atomic E-state index is 16.2. The average molecular weight is 875 g/mol. The van der Waals surface area contributed by atoms with Gasteiger partial charge in [0.05, 0.1) is 50.3 Å². The van der Waals surface area contributed by atoms with Crippen molar-refractivity contribution in [2.75, 3.05) is 28.4 Å². The molecule has 0 fully saturated rings. The van der Waals surface area contributed by atoms with Gasteiger partial charge in [-0.1, -0.05) is 48.5 Å². The Labute approximate surface area is 371 Å². The van der Waals surface area contributed by atoms with Crippen LogP contribution < -0.4 is 33.2 Å². The van der Waals surface area contributed by atoms with E-state index >= 15 is 17.6 Å². The minimum atomic E-state index is -1.34. The van der Waals surface area contributed by atoms with E-state index in [1.54, 1.807) is 89.1 Å². The van der Waals surface area contributed by atoms with Crippen molar-refractivity contribution >= 4 is 33.7 Å². The molecule has 2 heterocycles. The quantitative estimate of drug-likeness (QED) is 0.127. The maximum Gasteiger partial charge on any atom is 0.178 e. The number of rotatable bonds is 10. The van der Waals surface area contributed by atoms with Crippen molar-refractivity contribution in [3.8, 4) is 46.0 Å². The standard InChI is InChI=1S/C54H38F4O7/c1-59-39-13-5-33(6-14-39)53(34-7-15-40(60-2)16-8-34)23-21-43-47(27-31-25-37(55)29-45(57)49(31)51(43)64-53)63-48-28-32-26-38(56)30-46(58)50(32)52-44(48)22-24-54(65-52,35-9-17-41(61-3)18-10-35)36-11-19-42(62-4)20-12-36/h5-30H,1-4H3. The van der Waals surface area contributed by atoms with E-state index in [4.69, 9.17) is 33.2 Å². The summed E-state index contributed by atoms with van der Waals surface area (Å²) < 4.78 is 106. The molecule has 0 atom stereocenters. The van der Waals surface area contributed by atoms with Gasteiger partial charge in [0.25, 0.3) is 0 Å². The second-order valence-corrected chi connectivity index (χ2v) is 15.6. The normalized spacial score (nSPS) is 14.2. The van der Waals surface area contributed by atoms with Crippen LogP contribution in [-0.2, 0) is 11.2 Å². The molecule has 11 heteroatoms. The first-order valence-corrected chi connectivity index (χ1v) is 20.5. The van der Waals surface area contributed by atoms with Crippen LogP contribution in [0, 0.1) is 23.3 Å². The van der Waals surface area contributed by atoms with E-state index in [2.05, 4.69) is 0 Å². The Morgan fingerprint density at radius 3 is 1.00 bits per heavy atom. The Kier molecular flexibility index (Phi) is 10.1. The third-order valence-electron chi connectivity index (χ3n) is 12.0. The lowest BCUT2D eigenvalue weighted by Gasteiger charge is -2.38. The molecule has 0 N–H and O–H groups in total. The molecule has 0 aliphatic carbocycles. The molecule has 0 amide bonds. The third kappa shape index (κ3) is 6.91. The van der Waals surface area contributed by atoms with Gasteiger partial charge in [0.1, 0.15) is 69.3 Å². The molecule has 2 aliphatic rings. The highest BCUT2D eigenvalue weighted by atomic mass is 19.1. The number of hydrogen-bond acceptors (Lipinski definition) is 7. The number of ether oxygens (including phenoxy) is 7. The topological polar surface area (TPSA) is 64.6 Å². The van der Waals surface area contributed by atoms with Crippen LogP contribution in [0.2, 0.25) is 0 Å². The van der Waals surface area contributed by atoms with Gasteiger partial charge in [0.2, 0.25) is 0 Å². The molecule has 8 aromatic carbocycles. The van der Waals surface area contributed by atoms with Gasteiger partial charge in [0.15, 0.2) is 11.2 Å². The molecule has 2 aliphatic heterocycles. The molecule has 65 heavy (non-hydrogen) atoms. The Morgan fingerprint density at radius 1 is 0.400 bits per heavy atom. The van der Waals surface area contributed by atoms with Crippen LogP contribution in [0.5, 0.6) is 46.0 Å². The monoisotopic (exact) mass is 874 g/mol. The van der Waals surface area contributed by atoms with Gasteiger partial charge in [-0.15, -0.1) is 0 Å². The molecule has 0 saturated carbocycles. The van der Waals surface area contributed by atoms with Crippen molar-refractivity contribution < 1.29 is 50.7 Å². The van der Waals surface area contributed by atoms with E-state index in [1.807, 2.05) is 60.7 Å². The van der Waals surface area contributed by atoms with E-state index < -0.39 is 34.5 Å². The number of halogens is 4. The summed E-state index contributed by atoms with van der Waals surface area (Å²) in [6, 6.07) is 36.2. The summed E-state index contributed by atoms with van der Waals surface area (Å²) in [5, 5.41) is 0.310. The highest BCUT2D eigenvalue weighted by Gasteiger charge is 2.41. The van der Waals surface area contributed by atoms with Crippen molar-refractivity contribution in [2.45, 2.75) is 11.2 Å². The fourth-order valence-corrected chi connectivity index (χ4v) is 8.74. The minimum Gasteiger partial charge on any atom is -0.497 e. The first kappa shape index (κ1) is 41.1. The molecule has 0 aromatic heterocycles. The minimum absolute atomic E-state index is 0.0150. The van der Waals surface area contributed by atoms with Gasteiger partial charge in [-0.2, -0.15) is 0 Å². The maximum absolute atomic E-state index is 16.2. The fourth-order valence-electron chi connectivity index (χ4n) is 8.74. The van der Waals surface area contributed by atoms with Crippen molar-refractivity contribution in [2.24, 2.45) is 0 Å². The molecular weight excluding hydrogens is 837 g/mol. The molecular formula is C54H38F4O7. The number of methoxy groups -OCH3 is 4. The van der Waals surface area contributed by atoms with E-state index in [0.29, 0.717) is 56.4 Å². The summed E-state index contributed by atoms with van der Waals surface area (Å²) in [7, 11) is 6.27. The van der Waals surface area contributed by atoms with Crippen LogP contribution in [0.3, 0.4) is 0 Å². The molecule has 7 nitrogen and oxygen atoms in total. The second-order valence-electron chi connectivity index (χ2n) is 15.6. The summed E-state index contributed by atoms with van der Waals surface area (Å²) >= 11 is 0. The lowest BCUT2D eigenvalue weighted by Crippen LogP contribution is -2.34. The smallest absolute Gasteiger partial charge is 0.178 e. The van der Waals surface area contributed by atoms with Crippen LogP contribution in [0.25, 0.3) is 33.7 Å². The zero-order chi connectivity index (χ0) is 45.0. The molecule has 0 radical (unpaired) electrons. The third-order valence-corrected chi connectivity index (χ3v) is 12.0. The first-order valence-electron chi connectivity index (χ1n) is 20.5. The van der Waals surface area contributed by atoms with Crippen LogP contribution in [-0.4, -0.2) is 28.4 Å². The summed E-state index contributed by atoms with van der Waals surface area (Å²) in [6.07, 6.45) is 7.20. The average Bonchev–Trinajstić information content (AvgIpc) is 3.33. The number of hydrogen-bond donors (Lipinski definition) is 0. The largest absolute Gasteiger partial charge is 0.497 e. The molecule has 0 spiro atoms. The molecule has 0 bridgehead atoms. The van der Waals surface area contributed by atoms with E-state index in [9.17, 15) is 0 Å². The highest BCUT2D eigenvalue weighted by Crippen LogP contribution is 2.53. The molecule has 0 unspecified atom stereocenters. The summed E-state index contributed by atoms with van der Waals surface area (Å²) in [6.45, 7) is 0. The molecule has 324 valence electrons. The molecule has 10 rings (SSSR count). The van der Waals surface area contributed by atoms with Gasteiger partial charge in [0, 0.05) is 34.4 Å². The van der Waals surface area contributed by atoms with Gasteiger partial charge in [-0.05, 0) is 108 Å². The second kappa shape index (κ2) is 16.0. The Hall–Kier alpha value is -7.92. The summed E-state index contributed by atoms with van der Waals surface area (Å²) in [5.74, 6) is -0.462. The first-order chi connectivity index (χ1) is 31.6. The molecule has 8 aromatic rings. The van der Waals surface area contributed by atoms with Crippen LogP contribution >= 0.6 is 0 Å². The number of fused-ring (bicyclic) bond motifs is 6. The predicted octanol–water partition coefficient (Wildman–Crippen LogP) is 13.1. The Bertz CT molecular complexity index is 2890. The Morgan fingerprint density at radius 2 is 0.708 bits per heavy atom. The van der Waals surface area contributed by atoms with Gasteiger partial charge >= 0.3 is 0 Å². The zero-order valence-corrected chi connectivity index (χ0v) is 35.4. The predicted molar refractivity (Wildman–Crippen MR) is 241 cm³/mol. The van der Waals surface area contributed by atoms with E-state index in [1.165, 1.54) is 24.3 Å². The fraction of sp³-hybridized carbons (Fsp3) is 0.111. The SMILES string of the molecule is COc1ccc(C2(c3ccc(OC)cc3)C=Cc3c(Oc4cc5cc(F)cc(F)c5c5c4C=CC(c4ccc(OC)cc4)(c4ccc(OC)cc4)O5)cc4cc(F)cc(F)c4c3O2)cc1. The summed E-state index contributed by atoms with van der Waals surface area (Å²) in [5.41, 5.74) is 0.700. The van der Waals surface area contributed by atoms with Crippen molar-refractivity contribution in [3.63, 3.8) is 0 Å². The Balaban J connectivity index is 1.18. The van der Waals surface area contributed by atoms with Gasteiger partial charge in [-0.3, -0.25) is 0 Å². The van der Waals surface area contributed by atoms with Crippen LogP contribution in [0.4, 0.5) is 17.6 Å². The van der Waals surface area contributed by atoms with Crippen molar-refractivity contribution in [3.05, 3.63) is 202 Å². The van der Waals surface area contributed by atoms with E-state index in [0.717, 1.165) is 12.1 Å². The lowest BCUT2D eigenvalue weighted by molar-refractivity contribution is 0.162. The van der Waals surface area contributed by atoms with Crippen molar-refractivity contribution in [1.29, 1.82) is 0 Å². The van der Waals surface area contributed by atoms with Crippen molar-refractivity contribution in [1.82, 2.24) is 0 Å². The number of benzene rings is 8. The van der Waals surface area contributed by atoms with E-state index in [-0.39, 0.29) is 44.5 Å². The lowest BCUT2D eigenvalue weighted by atomic mass is 9.83. The molecule has 0 saturated heterocycles. The van der Waals surface area contributed by atoms with Gasteiger partial charge < -0.3 is 33.2 Å². The van der Waals surface area contributed by atoms with Gasteiger partial charge in [-0.25, -0.2) is 17.6 Å². The van der Waals surface area contributed by atoms with Crippen LogP contribution in [0.1, 0.15) is 33.4 Å². The zero-order valence-electron chi connectivity index (χ0n) is 35.4.